The van der Waals surface area contributed by atoms with Gasteiger partial charge in [0, 0.05) is 19.2 Å². The molecule has 1 aliphatic heterocycles. The fraction of sp³-hybridized carbons (Fsp3) is 0.933. The van der Waals surface area contributed by atoms with E-state index in [1.165, 1.54) is 0 Å². The van der Waals surface area contributed by atoms with Crippen molar-refractivity contribution in [3.63, 3.8) is 0 Å². The van der Waals surface area contributed by atoms with E-state index in [0.717, 1.165) is 45.4 Å². The minimum absolute atomic E-state index is 0.289. The van der Waals surface area contributed by atoms with E-state index in [-0.39, 0.29) is 5.91 Å². The van der Waals surface area contributed by atoms with Crippen molar-refractivity contribution in [2.45, 2.75) is 64.1 Å². The molecule has 0 radical (unpaired) electrons. The van der Waals surface area contributed by atoms with E-state index in [4.69, 9.17) is 10.5 Å². The smallest absolute Gasteiger partial charge is 0.237 e. The summed E-state index contributed by atoms with van der Waals surface area (Å²) in [4.78, 5) is 14.0. The van der Waals surface area contributed by atoms with Gasteiger partial charge in [-0.3, -0.25) is 9.69 Å². The number of primary amides is 1. The van der Waals surface area contributed by atoms with Crippen molar-refractivity contribution in [2.75, 3.05) is 26.7 Å². The number of nitrogens with zero attached hydrogens (tertiary/aromatic N) is 1. The van der Waals surface area contributed by atoms with E-state index >= 15 is 0 Å². The summed E-state index contributed by atoms with van der Waals surface area (Å²) in [5, 5.41) is 3.06. The number of hydrogen-bond acceptors (Lipinski definition) is 4. The maximum Gasteiger partial charge on any atom is 0.237 e. The van der Waals surface area contributed by atoms with Crippen molar-refractivity contribution in [3.05, 3.63) is 0 Å². The van der Waals surface area contributed by atoms with E-state index < -0.39 is 5.54 Å². The van der Waals surface area contributed by atoms with Crippen LogP contribution in [0.25, 0.3) is 0 Å². The van der Waals surface area contributed by atoms with Crippen LogP contribution in [0.1, 0.15) is 46.5 Å². The Morgan fingerprint density at radius 1 is 1.60 bits per heavy atom. The predicted molar refractivity (Wildman–Crippen MR) is 81.6 cm³/mol. The molecule has 20 heavy (non-hydrogen) atoms. The highest BCUT2D eigenvalue weighted by atomic mass is 16.5. The lowest BCUT2D eigenvalue weighted by Gasteiger charge is -2.39. The van der Waals surface area contributed by atoms with Gasteiger partial charge in [-0.05, 0) is 53.1 Å². The quantitative estimate of drug-likeness (QED) is 0.701. The van der Waals surface area contributed by atoms with Crippen molar-refractivity contribution in [2.24, 2.45) is 5.73 Å². The average Bonchev–Trinajstić information content (AvgIpc) is 2.45. The Balaban J connectivity index is 2.53. The summed E-state index contributed by atoms with van der Waals surface area (Å²) in [5.41, 5.74) is 4.87. The van der Waals surface area contributed by atoms with Gasteiger partial charge in [-0.1, -0.05) is 6.92 Å². The second-order valence-electron chi connectivity index (χ2n) is 6.13. The molecule has 0 aromatic rings. The van der Waals surface area contributed by atoms with Crippen LogP contribution in [0.4, 0.5) is 0 Å². The Morgan fingerprint density at radius 3 is 2.85 bits per heavy atom. The summed E-state index contributed by atoms with van der Waals surface area (Å²) in [6, 6.07) is 0.313. The maximum absolute atomic E-state index is 11.6. The third kappa shape index (κ3) is 4.72. The van der Waals surface area contributed by atoms with E-state index in [1.54, 1.807) is 7.05 Å². The zero-order valence-electron chi connectivity index (χ0n) is 13.4. The molecule has 1 heterocycles. The van der Waals surface area contributed by atoms with Gasteiger partial charge in [0.1, 0.15) is 0 Å². The van der Waals surface area contributed by atoms with Crippen LogP contribution in [0.3, 0.4) is 0 Å². The lowest BCUT2D eigenvalue weighted by Crippen LogP contribution is -2.56. The number of carbonyl (C=O) groups excluding carboxylic acids is 1. The number of likely N-dealkylation sites (N-methyl/N-ethyl adjacent to an activating group) is 1. The van der Waals surface area contributed by atoms with E-state index in [9.17, 15) is 4.79 Å². The first-order chi connectivity index (χ1) is 9.42. The lowest BCUT2D eigenvalue weighted by atomic mass is 9.91. The Kier molecular flexibility index (Phi) is 6.92. The van der Waals surface area contributed by atoms with Gasteiger partial charge < -0.3 is 15.8 Å². The maximum atomic E-state index is 11.6. The topological polar surface area (TPSA) is 67.6 Å². The molecule has 5 nitrogen and oxygen atoms in total. The second kappa shape index (κ2) is 7.96. The Bertz CT molecular complexity index is 311. The summed E-state index contributed by atoms with van der Waals surface area (Å²) in [5.74, 6) is -0.289. The van der Waals surface area contributed by atoms with E-state index in [2.05, 4.69) is 24.1 Å². The van der Waals surface area contributed by atoms with Gasteiger partial charge in [0.25, 0.3) is 0 Å². The number of rotatable bonds is 8. The molecule has 0 spiro atoms. The molecular formula is C15H31N3O2. The van der Waals surface area contributed by atoms with Crippen LogP contribution in [-0.4, -0.2) is 55.2 Å². The zero-order chi connectivity index (χ0) is 15.2. The molecule has 0 bridgehead atoms. The van der Waals surface area contributed by atoms with Crippen LogP contribution in [-0.2, 0) is 9.53 Å². The van der Waals surface area contributed by atoms with Crippen LogP contribution >= 0.6 is 0 Å². The highest BCUT2D eigenvalue weighted by molar-refractivity contribution is 5.84. The van der Waals surface area contributed by atoms with Gasteiger partial charge in [0.05, 0.1) is 11.6 Å². The summed E-state index contributed by atoms with van der Waals surface area (Å²) in [6.45, 7) is 9.05. The molecule has 0 aliphatic carbocycles. The molecular weight excluding hydrogens is 254 g/mol. The van der Waals surface area contributed by atoms with E-state index in [1.807, 2.05) is 6.92 Å². The van der Waals surface area contributed by atoms with Gasteiger partial charge in [0.2, 0.25) is 5.91 Å². The normalized spacial score (nSPS) is 25.1. The van der Waals surface area contributed by atoms with Crippen molar-refractivity contribution in [1.29, 1.82) is 0 Å². The van der Waals surface area contributed by atoms with Gasteiger partial charge in [0.15, 0.2) is 0 Å². The Morgan fingerprint density at radius 2 is 2.30 bits per heavy atom. The van der Waals surface area contributed by atoms with Crippen LogP contribution in [0.2, 0.25) is 0 Å². The number of carbonyl (C=O) groups is 1. The minimum atomic E-state index is -0.642. The molecule has 1 aliphatic rings. The van der Waals surface area contributed by atoms with Gasteiger partial charge in [-0.2, -0.15) is 0 Å². The van der Waals surface area contributed by atoms with Crippen LogP contribution < -0.4 is 11.1 Å². The molecule has 118 valence electrons. The molecule has 1 amide bonds. The zero-order valence-corrected chi connectivity index (χ0v) is 13.4. The number of ether oxygens (including phenoxy) is 1. The number of amides is 1. The highest BCUT2D eigenvalue weighted by Crippen LogP contribution is 2.21. The van der Waals surface area contributed by atoms with Crippen molar-refractivity contribution < 1.29 is 9.53 Å². The molecule has 0 saturated carbocycles. The fourth-order valence-electron chi connectivity index (χ4n) is 2.83. The number of likely N-dealkylation sites (tertiary alicyclic amines) is 1. The fourth-order valence-corrected chi connectivity index (χ4v) is 2.83. The molecule has 0 aromatic heterocycles. The standard InChI is InChI=1S/C15H31N3O2/c1-5-9-20-13-7-6-8-18(11-13)12(2)10-15(3,17-4)14(16)19/h12-13,17H,5-11H2,1-4H3,(H2,16,19). The SMILES string of the molecule is CCCOC1CCCN(C(C)CC(C)(NC)C(N)=O)C1. The average molecular weight is 285 g/mol. The lowest BCUT2D eigenvalue weighted by molar-refractivity contribution is -0.124. The van der Waals surface area contributed by atoms with Gasteiger partial charge in [-0.25, -0.2) is 0 Å². The molecule has 3 unspecified atom stereocenters. The third-order valence-corrected chi connectivity index (χ3v) is 4.39. The van der Waals surface area contributed by atoms with Crippen LogP contribution in [0.15, 0.2) is 0 Å². The molecule has 3 N–H and O–H groups in total. The summed E-state index contributed by atoms with van der Waals surface area (Å²) in [7, 11) is 1.79. The number of nitrogens with one attached hydrogen (secondary N) is 1. The third-order valence-electron chi connectivity index (χ3n) is 4.39. The van der Waals surface area contributed by atoms with Gasteiger partial charge in [-0.15, -0.1) is 0 Å². The van der Waals surface area contributed by atoms with Gasteiger partial charge >= 0.3 is 0 Å². The van der Waals surface area contributed by atoms with Crippen LogP contribution in [0, 0.1) is 0 Å². The molecule has 1 rings (SSSR count). The minimum Gasteiger partial charge on any atom is -0.377 e. The molecule has 1 fully saturated rings. The highest BCUT2D eigenvalue weighted by Gasteiger charge is 2.34. The van der Waals surface area contributed by atoms with Crippen molar-refractivity contribution >= 4 is 5.91 Å². The first kappa shape index (κ1) is 17.4. The van der Waals surface area contributed by atoms with Crippen LogP contribution in [0.5, 0.6) is 0 Å². The summed E-state index contributed by atoms with van der Waals surface area (Å²) < 4.78 is 5.87. The molecule has 5 heteroatoms. The monoisotopic (exact) mass is 285 g/mol. The largest absolute Gasteiger partial charge is 0.377 e. The van der Waals surface area contributed by atoms with Crippen molar-refractivity contribution in [1.82, 2.24) is 10.2 Å². The first-order valence-corrected chi connectivity index (χ1v) is 7.77. The molecule has 3 atom stereocenters. The number of piperidine rings is 1. The second-order valence-corrected chi connectivity index (χ2v) is 6.13. The predicted octanol–water partition coefficient (Wildman–Crippen LogP) is 1.12. The summed E-state index contributed by atoms with van der Waals surface area (Å²) in [6.07, 6.45) is 4.42. The number of nitrogens with two attached hydrogens (primary N) is 1. The summed E-state index contributed by atoms with van der Waals surface area (Å²) >= 11 is 0. The number of hydrogen-bond donors (Lipinski definition) is 2. The first-order valence-electron chi connectivity index (χ1n) is 7.77. The molecule has 0 aromatic carbocycles. The Labute approximate surface area is 123 Å². The van der Waals surface area contributed by atoms with Crippen molar-refractivity contribution in [3.8, 4) is 0 Å². The van der Waals surface area contributed by atoms with E-state index in [0.29, 0.717) is 12.1 Å². The Hall–Kier alpha value is -0.650. The molecule has 1 saturated heterocycles.